The Kier molecular flexibility index (Phi) is 3.96. The van der Waals surface area contributed by atoms with Crippen LogP contribution in [0.5, 0.6) is 23.0 Å². The molecule has 2 aliphatic rings. The van der Waals surface area contributed by atoms with Gasteiger partial charge >= 0.3 is 5.97 Å². The van der Waals surface area contributed by atoms with Gasteiger partial charge in [-0.15, -0.1) is 0 Å². The number of carbonyl (C=O) groups is 2. The molecule has 2 heterocycles. The maximum absolute atomic E-state index is 12.5. The van der Waals surface area contributed by atoms with Gasteiger partial charge in [-0.3, -0.25) is 4.79 Å². The molecule has 26 heavy (non-hydrogen) atoms. The van der Waals surface area contributed by atoms with Gasteiger partial charge in [0.25, 0.3) is 0 Å². The predicted octanol–water partition coefficient (Wildman–Crippen LogP) is 2.58. The molecule has 0 atom stereocenters. The largest absolute Gasteiger partial charge is 0.482 e. The number of hydrogen-bond donors (Lipinski definition) is 0. The van der Waals surface area contributed by atoms with Crippen LogP contribution in [0, 0.1) is 0 Å². The van der Waals surface area contributed by atoms with Crippen LogP contribution < -0.4 is 18.9 Å². The first-order valence-electron chi connectivity index (χ1n) is 7.81. The Morgan fingerprint density at radius 2 is 1.96 bits per heavy atom. The summed E-state index contributed by atoms with van der Waals surface area (Å²) in [5.74, 6) is 1.56. The lowest BCUT2D eigenvalue weighted by Crippen LogP contribution is -2.12. The quantitative estimate of drug-likeness (QED) is 0.617. The van der Waals surface area contributed by atoms with Crippen LogP contribution in [0.25, 0.3) is 6.08 Å². The minimum atomic E-state index is -0.495. The van der Waals surface area contributed by atoms with Crippen LogP contribution in [0.3, 0.4) is 0 Å². The third-order valence-corrected chi connectivity index (χ3v) is 3.92. The number of methoxy groups -OCH3 is 1. The fraction of sp³-hybridized carbons (Fsp3) is 0.158. The molecule has 0 saturated heterocycles. The predicted molar refractivity (Wildman–Crippen MR) is 89.5 cm³/mol. The Labute approximate surface area is 148 Å². The van der Waals surface area contributed by atoms with Gasteiger partial charge in [0.1, 0.15) is 11.5 Å². The SMILES string of the molecule is COC(=O)COc1ccc2c(c1)OC(=Cc1ccc3c(c1)OCO3)C2=O. The summed E-state index contributed by atoms with van der Waals surface area (Å²) in [5.41, 5.74) is 1.19. The van der Waals surface area contributed by atoms with Crippen molar-refractivity contribution in [3.63, 3.8) is 0 Å². The van der Waals surface area contributed by atoms with Gasteiger partial charge in [0, 0.05) is 6.07 Å². The highest BCUT2D eigenvalue weighted by Gasteiger charge is 2.28. The molecular formula is C19H14O7. The van der Waals surface area contributed by atoms with E-state index < -0.39 is 5.97 Å². The van der Waals surface area contributed by atoms with Crippen LogP contribution in [0.2, 0.25) is 0 Å². The summed E-state index contributed by atoms with van der Waals surface area (Å²) in [7, 11) is 1.28. The van der Waals surface area contributed by atoms with Crippen LogP contribution in [0.15, 0.2) is 42.2 Å². The number of allylic oxidation sites excluding steroid dienone is 1. The van der Waals surface area contributed by atoms with E-state index in [-0.39, 0.29) is 24.9 Å². The number of hydrogen-bond acceptors (Lipinski definition) is 7. The van der Waals surface area contributed by atoms with E-state index in [1.807, 2.05) is 6.07 Å². The molecule has 7 nitrogen and oxygen atoms in total. The van der Waals surface area contributed by atoms with Gasteiger partial charge in [-0.25, -0.2) is 4.79 Å². The van der Waals surface area contributed by atoms with E-state index in [2.05, 4.69) is 4.74 Å². The van der Waals surface area contributed by atoms with Crippen molar-refractivity contribution in [2.24, 2.45) is 0 Å². The highest BCUT2D eigenvalue weighted by atomic mass is 16.7. The van der Waals surface area contributed by atoms with E-state index in [1.165, 1.54) is 7.11 Å². The van der Waals surface area contributed by atoms with Crippen LogP contribution in [-0.4, -0.2) is 32.3 Å². The molecule has 4 rings (SSSR count). The summed E-state index contributed by atoms with van der Waals surface area (Å²) in [6, 6.07) is 10.1. The van der Waals surface area contributed by atoms with E-state index in [4.69, 9.17) is 18.9 Å². The van der Waals surface area contributed by atoms with Crippen molar-refractivity contribution in [2.75, 3.05) is 20.5 Å². The normalized spacial score (nSPS) is 15.6. The van der Waals surface area contributed by atoms with E-state index in [0.717, 1.165) is 5.56 Å². The zero-order chi connectivity index (χ0) is 18.1. The summed E-state index contributed by atoms with van der Waals surface area (Å²) in [4.78, 5) is 23.6. The summed E-state index contributed by atoms with van der Waals surface area (Å²) in [5, 5.41) is 0. The number of ketones is 1. The van der Waals surface area contributed by atoms with Gasteiger partial charge in [-0.1, -0.05) is 6.07 Å². The van der Waals surface area contributed by atoms with Gasteiger partial charge in [0.15, 0.2) is 23.9 Å². The Bertz CT molecular complexity index is 929. The molecule has 0 aromatic heterocycles. The molecule has 7 heteroatoms. The Balaban J connectivity index is 1.54. The molecule has 0 bridgehead atoms. The second-order valence-electron chi connectivity index (χ2n) is 5.58. The monoisotopic (exact) mass is 354 g/mol. The molecule has 0 unspecified atom stereocenters. The molecule has 2 aromatic carbocycles. The first-order valence-corrected chi connectivity index (χ1v) is 7.81. The maximum Gasteiger partial charge on any atom is 0.343 e. The average molecular weight is 354 g/mol. The minimum Gasteiger partial charge on any atom is -0.482 e. The molecule has 0 amide bonds. The number of esters is 1. The number of ether oxygens (including phenoxy) is 5. The van der Waals surface area contributed by atoms with E-state index >= 15 is 0 Å². The maximum atomic E-state index is 12.5. The van der Waals surface area contributed by atoms with Crippen molar-refractivity contribution in [1.82, 2.24) is 0 Å². The summed E-state index contributed by atoms with van der Waals surface area (Å²) < 4.78 is 26.1. The highest BCUT2D eigenvalue weighted by Crippen LogP contribution is 2.36. The fourth-order valence-corrected chi connectivity index (χ4v) is 2.61. The van der Waals surface area contributed by atoms with E-state index in [9.17, 15) is 9.59 Å². The zero-order valence-corrected chi connectivity index (χ0v) is 13.8. The number of benzene rings is 2. The third kappa shape index (κ3) is 2.95. The summed E-state index contributed by atoms with van der Waals surface area (Å²) in [6.07, 6.45) is 1.64. The Morgan fingerprint density at radius 3 is 2.81 bits per heavy atom. The second-order valence-corrected chi connectivity index (χ2v) is 5.58. The van der Waals surface area contributed by atoms with Crippen molar-refractivity contribution >= 4 is 17.8 Å². The fourth-order valence-electron chi connectivity index (χ4n) is 2.61. The molecular weight excluding hydrogens is 340 g/mol. The third-order valence-electron chi connectivity index (χ3n) is 3.92. The van der Waals surface area contributed by atoms with Crippen molar-refractivity contribution in [2.45, 2.75) is 0 Å². The van der Waals surface area contributed by atoms with Crippen LogP contribution in [0.4, 0.5) is 0 Å². The molecule has 0 saturated carbocycles. The van der Waals surface area contributed by atoms with Crippen molar-refractivity contribution in [3.05, 3.63) is 53.3 Å². The zero-order valence-electron chi connectivity index (χ0n) is 13.8. The molecule has 2 aliphatic heterocycles. The van der Waals surface area contributed by atoms with Crippen molar-refractivity contribution in [3.8, 4) is 23.0 Å². The Morgan fingerprint density at radius 1 is 1.12 bits per heavy atom. The first-order chi connectivity index (χ1) is 12.6. The van der Waals surface area contributed by atoms with Crippen molar-refractivity contribution < 1.29 is 33.3 Å². The van der Waals surface area contributed by atoms with Crippen molar-refractivity contribution in [1.29, 1.82) is 0 Å². The van der Waals surface area contributed by atoms with Crippen LogP contribution in [-0.2, 0) is 9.53 Å². The molecule has 132 valence electrons. The topological polar surface area (TPSA) is 80.3 Å². The number of Topliss-reactive ketones (excluding diaryl/α,β-unsaturated/α-hetero) is 1. The number of rotatable bonds is 4. The van der Waals surface area contributed by atoms with Gasteiger partial charge in [-0.2, -0.15) is 0 Å². The molecule has 0 spiro atoms. The van der Waals surface area contributed by atoms with Gasteiger partial charge in [-0.05, 0) is 35.9 Å². The lowest BCUT2D eigenvalue weighted by atomic mass is 10.1. The van der Waals surface area contributed by atoms with Gasteiger partial charge in [0.2, 0.25) is 12.6 Å². The minimum absolute atomic E-state index is 0.185. The number of fused-ring (bicyclic) bond motifs is 2. The van der Waals surface area contributed by atoms with Gasteiger partial charge in [0.05, 0.1) is 12.7 Å². The Hall–Kier alpha value is -3.48. The van der Waals surface area contributed by atoms with E-state index in [1.54, 1.807) is 36.4 Å². The number of carbonyl (C=O) groups excluding carboxylic acids is 2. The lowest BCUT2D eigenvalue weighted by Gasteiger charge is -2.05. The van der Waals surface area contributed by atoms with Crippen LogP contribution in [0.1, 0.15) is 15.9 Å². The summed E-state index contributed by atoms with van der Waals surface area (Å²) >= 11 is 0. The lowest BCUT2D eigenvalue weighted by molar-refractivity contribution is -0.142. The molecule has 0 aliphatic carbocycles. The average Bonchev–Trinajstić information content (AvgIpc) is 3.24. The second kappa shape index (κ2) is 6.44. The first kappa shape index (κ1) is 16.0. The van der Waals surface area contributed by atoms with E-state index in [0.29, 0.717) is 28.6 Å². The smallest absolute Gasteiger partial charge is 0.343 e. The van der Waals surface area contributed by atoms with Crippen LogP contribution >= 0.6 is 0 Å². The molecule has 2 aromatic rings. The molecule has 0 fully saturated rings. The summed E-state index contributed by atoms with van der Waals surface area (Å²) in [6.45, 7) is -0.0340. The standard InChI is InChI=1S/C19H14O7/c1-22-18(20)9-23-12-3-4-13-15(8-12)26-17(19(13)21)7-11-2-5-14-16(6-11)25-10-24-14/h2-8H,9-10H2,1H3. The van der Waals surface area contributed by atoms with Gasteiger partial charge < -0.3 is 23.7 Å². The highest BCUT2D eigenvalue weighted by molar-refractivity contribution is 6.14. The molecule has 0 N–H and O–H groups in total. The molecule has 0 radical (unpaired) electrons.